The Hall–Kier alpha value is -2.53. The van der Waals surface area contributed by atoms with E-state index in [1.807, 2.05) is 56.3 Å². The molecule has 0 atom stereocenters. The summed E-state index contributed by atoms with van der Waals surface area (Å²) in [6.07, 6.45) is 1.87. The Bertz CT molecular complexity index is 777. The standard InChI is InChI=1S/C18H22N4O/c1-21(2)10-11-23-17-8-6-15(7-9-17)20-16-5-4-14-13-19-22(3)18(14)12-16/h4-9,12-13,20H,10-11H2,1-3H3. The minimum absolute atomic E-state index is 0.691. The first-order chi connectivity index (χ1) is 11.1. The number of anilines is 2. The Morgan fingerprint density at radius 3 is 2.57 bits per heavy atom. The number of fused-ring (bicyclic) bond motifs is 1. The number of nitrogens with zero attached hydrogens (tertiary/aromatic N) is 3. The average molecular weight is 310 g/mol. The Kier molecular flexibility index (Phi) is 4.48. The van der Waals surface area contributed by atoms with Crippen LogP contribution in [0.5, 0.6) is 5.75 Å². The van der Waals surface area contributed by atoms with E-state index in [2.05, 4.69) is 33.5 Å². The van der Waals surface area contributed by atoms with Crippen molar-refractivity contribution in [2.24, 2.45) is 7.05 Å². The molecule has 1 N–H and O–H groups in total. The Morgan fingerprint density at radius 2 is 1.83 bits per heavy atom. The predicted molar refractivity (Wildman–Crippen MR) is 94.5 cm³/mol. The molecule has 0 radical (unpaired) electrons. The summed E-state index contributed by atoms with van der Waals surface area (Å²) in [5.41, 5.74) is 3.19. The highest BCUT2D eigenvalue weighted by molar-refractivity contribution is 5.83. The molecule has 23 heavy (non-hydrogen) atoms. The number of aryl methyl sites for hydroxylation is 1. The molecule has 0 saturated heterocycles. The van der Waals surface area contributed by atoms with E-state index in [1.54, 1.807) is 0 Å². The second-order valence-electron chi connectivity index (χ2n) is 5.84. The van der Waals surface area contributed by atoms with Crippen molar-refractivity contribution in [1.29, 1.82) is 0 Å². The molecule has 3 aromatic rings. The monoisotopic (exact) mass is 310 g/mol. The smallest absolute Gasteiger partial charge is 0.119 e. The fourth-order valence-electron chi connectivity index (χ4n) is 2.37. The lowest BCUT2D eigenvalue weighted by atomic mass is 10.2. The lowest BCUT2D eigenvalue weighted by molar-refractivity contribution is 0.261. The summed E-state index contributed by atoms with van der Waals surface area (Å²) in [5, 5.41) is 8.82. The second kappa shape index (κ2) is 6.71. The van der Waals surface area contributed by atoms with Crippen LogP contribution < -0.4 is 10.1 Å². The van der Waals surface area contributed by atoms with E-state index in [0.717, 1.165) is 34.6 Å². The summed E-state index contributed by atoms with van der Waals surface area (Å²) >= 11 is 0. The van der Waals surface area contributed by atoms with Crippen molar-refractivity contribution in [3.05, 3.63) is 48.7 Å². The Morgan fingerprint density at radius 1 is 1.09 bits per heavy atom. The van der Waals surface area contributed by atoms with Gasteiger partial charge in [0, 0.05) is 30.4 Å². The molecule has 5 nitrogen and oxygen atoms in total. The van der Waals surface area contributed by atoms with Gasteiger partial charge in [-0.15, -0.1) is 0 Å². The quantitative estimate of drug-likeness (QED) is 0.759. The fourth-order valence-corrected chi connectivity index (χ4v) is 2.37. The molecule has 0 amide bonds. The highest BCUT2D eigenvalue weighted by Gasteiger charge is 2.02. The molecule has 0 bridgehead atoms. The van der Waals surface area contributed by atoms with Gasteiger partial charge in [0.25, 0.3) is 0 Å². The third kappa shape index (κ3) is 3.81. The summed E-state index contributed by atoms with van der Waals surface area (Å²) in [4.78, 5) is 2.10. The number of ether oxygens (including phenoxy) is 1. The Balaban J connectivity index is 1.66. The first kappa shape index (κ1) is 15.4. The van der Waals surface area contributed by atoms with Crippen LogP contribution >= 0.6 is 0 Å². The van der Waals surface area contributed by atoms with Crippen LogP contribution in [0.2, 0.25) is 0 Å². The number of likely N-dealkylation sites (N-methyl/N-ethyl adjacent to an activating group) is 1. The molecule has 0 spiro atoms. The van der Waals surface area contributed by atoms with Crippen molar-refractivity contribution in [2.45, 2.75) is 0 Å². The number of benzene rings is 2. The van der Waals surface area contributed by atoms with Gasteiger partial charge < -0.3 is 15.0 Å². The first-order valence-corrected chi connectivity index (χ1v) is 7.68. The van der Waals surface area contributed by atoms with Gasteiger partial charge in [-0.3, -0.25) is 4.68 Å². The zero-order valence-corrected chi connectivity index (χ0v) is 13.8. The molecular weight excluding hydrogens is 288 g/mol. The molecule has 5 heteroatoms. The molecule has 0 unspecified atom stereocenters. The predicted octanol–water partition coefficient (Wildman–Crippen LogP) is 3.26. The molecule has 2 aromatic carbocycles. The van der Waals surface area contributed by atoms with Gasteiger partial charge in [-0.05, 0) is 56.6 Å². The van der Waals surface area contributed by atoms with E-state index < -0.39 is 0 Å². The third-order valence-electron chi connectivity index (χ3n) is 3.70. The molecule has 0 saturated carbocycles. The van der Waals surface area contributed by atoms with Crippen molar-refractivity contribution >= 4 is 22.3 Å². The van der Waals surface area contributed by atoms with Crippen molar-refractivity contribution < 1.29 is 4.74 Å². The van der Waals surface area contributed by atoms with Crippen LogP contribution in [0, 0.1) is 0 Å². The number of aromatic nitrogens is 2. The summed E-state index contributed by atoms with van der Waals surface area (Å²) in [6, 6.07) is 14.3. The summed E-state index contributed by atoms with van der Waals surface area (Å²) < 4.78 is 7.58. The SMILES string of the molecule is CN(C)CCOc1ccc(Nc2ccc3cnn(C)c3c2)cc1. The van der Waals surface area contributed by atoms with E-state index in [-0.39, 0.29) is 0 Å². The molecule has 0 fully saturated rings. The topological polar surface area (TPSA) is 42.3 Å². The molecule has 0 aliphatic carbocycles. The molecule has 120 valence electrons. The minimum atomic E-state index is 0.691. The van der Waals surface area contributed by atoms with Gasteiger partial charge in [0.1, 0.15) is 12.4 Å². The first-order valence-electron chi connectivity index (χ1n) is 7.68. The maximum absolute atomic E-state index is 5.70. The largest absolute Gasteiger partial charge is 0.492 e. The van der Waals surface area contributed by atoms with Crippen molar-refractivity contribution in [3.8, 4) is 5.75 Å². The molecule has 0 aliphatic heterocycles. The van der Waals surface area contributed by atoms with Gasteiger partial charge in [0.2, 0.25) is 0 Å². The lowest BCUT2D eigenvalue weighted by Gasteiger charge is -2.12. The number of nitrogens with one attached hydrogen (secondary N) is 1. The molecule has 1 heterocycles. The maximum atomic E-state index is 5.70. The van der Waals surface area contributed by atoms with E-state index in [1.165, 1.54) is 0 Å². The minimum Gasteiger partial charge on any atom is -0.492 e. The van der Waals surface area contributed by atoms with Gasteiger partial charge in [0.05, 0.1) is 11.7 Å². The van der Waals surface area contributed by atoms with Gasteiger partial charge in [0.15, 0.2) is 0 Å². The normalized spacial score (nSPS) is 11.1. The molecule has 1 aromatic heterocycles. The van der Waals surface area contributed by atoms with Crippen LogP contribution in [0.25, 0.3) is 10.9 Å². The van der Waals surface area contributed by atoms with Crippen molar-refractivity contribution in [2.75, 3.05) is 32.6 Å². The molecule has 0 aliphatic rings. The van der Waals surface area contributed by atoms with Crippen LogP contribution in [0.1, 0.15) is 0 Å². The van der Waals surface area contributed by atoms with Crippen LogP contribution in [0.4, 0.5) is 11.4 Å². The third-order valence-corrected chi connectivity index (χ3v) is 3.70. The van der Waals surface area contributed by atoms with Gasteiger partial charge in [-0.25, -0.2) is 0 Å². The Labute approximate surface area is 136 Å². The van der Waals surface area contributed by atoms with E-state index in [9.17, 15) is 0 Å². The van der Waals surface area contributed by atoms with Crippen LogP contribution in [-0.2, 0) is 7.05 Å². The number of rotatable bonds is 6. The lowest BCUT2D eigenvalue weighted by Crippen LogP contribution is -2.19. The highest BCUT2D eigenvalue weighted by atomic mass is 16.5. The number of hydrogen-bond donors (Lipinski definition) is 1. The number of hydrogen-bond acceptors (Lipinski definition) is 4. The summed E-state index contributed by atoms with van der Waals surface area (Å²) in [6.45, 7) is 1.60. The van der Waals surface area contributed by atoms with Gasteiger partial charge in [-0.1, -0.05) is 0 Å². The van der Waals surface area contributed by atoms with Crippen molar-refractivity contribution in [3.63, 3.8) is 0 Å². The fraction of sp³-hybridized carbons (Fsp3) is 0.278. The zero-order chi connectivity index (χ0) is 16.2. The van der Waals surface area contributed by atoms with Crippen molar-refractivity contribution in [1.82, 2.24) is 14.7 Å². The van der Waals surface area contributed by atoms with Gasteiger partial charge >= 0.3 is 0 Å². The second-order valence-corrected chi connectivity index (χ2v) is 5.84. The molecular formula is C18H22N4O. The summed E-state index contributed by atoms with van der Waals surface area (Å²) in [7, 11) is 6.02. The molecule has 3 rings (SSSR count). The van der Waals surface area contributed by atoms with Gasteiger partial charge in [-0.2, -0.15) is 5.10 Å². The average Bonchev–Trinajstić information content (AvgIpc) is 2.90. The maximum Gasteiger partial charge on any atom is 0.119 e. The van der Waals surface area contributed by atoms with Crippen LogP contribution in [0.3, 0.4) is 0 Å². The van der Waals surface area contributed by atoms with Crippen LogP contribution in [-0.4, -0.2) is 41.9 Å². The van der Waals surface area contributed by atoms with E-state index in [4.69, 9.17) is 4.74 Å². The zero-order valence-electron chi connectivity index (χ0n) is 13.8. The van der Waals surface area contributed by atoms with E-state index in [0.29, 0.717) is 6.61 Å². The highest BCUT2D eigenvalue weighted by Crippen LogP contribution is 2.23. The summed E-state index contributed by atoms with van der Waals surface area (Å²) in [5.74, 6) is 0.888. The van der Waals surface area contributed by atoms with Crippen LogP contribution in [0.15, 0.2) is 48.7 Å². The van der Waals surface area contributed by atoms with E-state index >= 15 is 0 Å².